The lowest BCUT2D eigenvalue weighted by atomic mass is 10.9. The first kappa shape index (κ1) is 8.49. The number of thioether (sulfide) groups is 1. The van der Waals surface area contributed by atoms with E-state index in [4.69, 9.17) is 0 Å². The average Bonchev–Trinajstić information content (AvgIpc) is 1.63. The third-order valence-corrected chi connectivity index (χ3v) is 1.42. The first-order valence-electron chi connectivity index (χ1n) is 2.43. The summed E-state index contributed by atoms with van der Waals surface area (Å²) in [6.07, 6.45) is 0. The van der Waals surface area contributed by atoms with Crippen LogP contribution in [-0.4, -0.2) is 29.3 Å². The Morgan fingerprint density at radius 1 is 1.33 bits per heavy atom. The van der Waals surface area contributed by atoms with Gasteiger partial charge in [-0.1, -0.05) is 0 Å². The summed E-state index contributed by atoms with van der Waals surface area (Å²) in [6.45, 7) is 1.37. The third kappa shape index (κ3) is 4.02. The summed E-state index contributed by atoms with van der Waals surface area (Å²) >= 11 is 0.711. The molecule has 0 saturated carbocycles. The highest BCUT2D eigenvalue weighted by Gasteiger charge is 2.06. The molecule has 0 aromatic carbocycles. The minimum atomic E-state index is -0.220. The predicted molar refractivity (Wildman–Crippen MR) is 37.4 cm³/mol. The van der Waals surface area contributed by atoms with Crippen LogP contribution in [0.1, 0.15) is 6.92 Å². The molecule has 0 aliphatic heterocycles. The van der Waals surface area contributed by atoms with Crippen LogP contribution in [0.15, 0.2) is 0 Å². The van der Waals surface area contributed by atoms with E-state index in [1.807, 2.05) is 0 Å². The zero-order valence-electron chi connectivity index (χ0n) is 5.67. The van der Waals surface area contributed by atoms with Crippen LogP contribution in [0.25, 0.3) is 0 Å². The molecule has 0 spiro atoms. The molecule has 0 rings (SSSR count). The average molecular weight is 147 g/mol. The fourth-order valence-corrected chi connectivity index (χ4v) is 0.643. The molecule has 0 saturated heterocycles. The van der Waals surface area contributed by atoms with Gasteiger partial charge in [0.05, 0.1) is 0 Å². The molecule has 0 fully saturated rings. The van der Waals surface area contributed by atoms with Crippen molar-refractivity contribution in [2.75, 3.05) is 14.1 Å². The Kier molecular flexibility index (Phi) is 3.30. The van der Waals surface area contributed by atoms with Crippen LogP contribution in [0.5, 0.6) is 0 Å². The summed E-state index contributed by atoms with van der Waals surface area (Å²) in [5.74, 6) is 0. The Hall–Kier alpha value is -0.510. The summed E-state index contributed by atoms with van der Waals surface area (Å²) in [5, 5.41) is -0.392. The van der Waals surface area contributed by atoms with Gasteiger partial charge in [0.1, 0.15) is 0 Å². The van der Waals surface area contributed by atoms with Crippen molar-refractivity contribution in [1.29, 1.82) is 0 Å². The number of hydrogen-bond donors (Lipinski definition) is 0. The maximum atomic E-state index is 10.6. The van der Waals surface area contributed by atoms with Crippen molar-refractivity contribution in [3.8, 4) is 0 Å². The van der Waals surface area contributed by atoms with E-state index in [-0.39, 0.29) is 10.4 Å². The van der Waals surface area contributed by atoms with E-state index in [1.165, 1.54) is 11.8 Å². The van der Waals surface area contributed by atoms with Gasteiger partial charge in [-0.2, -0.15) is 0 Å². The van der Waals surface area contributed by atoms with Crippen molar-refractivity contribution in [3.05, 3.63) is 0 Å². The predicted octanol–water partition coefficient (Wildman–Crippen LogP) is 0.948. The summed E-state index contributed by atoms with van der Waals surface area (Å²) in [5.41, 5.74) is 0. The fourth-order valence-electron chi connectivity index (χ4n) is 0.214. The van der Waals surface area contributed by atoms with Crippen molar-refractivity contribution in [2.24, 2.45) is 0 Å². The van der Waals surface area contributed by atoms with Crippen LogP contribution in [0.4, 0.5) is 4.79 Å². The number of amides is 1. The minimum Gasteiger partial charge on any atom is -0.339 e. The molecule has 0 atom stereocenters. The molecule has 4 heteroatoms. The van der Waals surface area contributed by atoms with Crippen LogP contribution in [0.2, 0.25) is 0 Å². The van der Waals surface area contributed by atoms with Gasteiger partial charge < -0.3 is 4.90 Å². The van der Waals surface area contributed by atoms with Gasteiger partial charge in [-0.15, -0.1) is 0 Å². The minimum absolute atomic E-state index is 0.172. The van der Waals surface area contributed by atoms with Crippen molar-refractivity contribution >= 4 is 22.1 Å². The second kappa shape index (κ2) is 3.50. The van der Waals surface area contributed by atoms with Crippen LogP contribution in [0, 0.1) is 0 Å². The maximum Gasteiger partial charge on any atom is 0.288 e. The van der Waals surface area contributed by atoms with Gasteiger partial charge in [0, 0.05) is 32.8 Å². The number of rotatable bonds is 0. The normalized spacial score (nSPS) is 8.78. The van der Waals surface area contributed by atoms with E-state index in [0.717, 1.165) is 0 Å². The van der Waals surface area contributed by atoms with Gasteiger partial charge in [0.2, 0.25) is 0 Å². The van der Waals surface area contributed by atoms with Crippen molar-refractivity contribution < 1.29 is 9.59 Å². The quantitative estimate of drug-likeness (QED) is 0.512. The SMILES string of the molecule is CC(=O)SC(=O)N(C)C. The molecule has 9 heavy (non-hydrogen) atoms. The number of nitrogens with zero attached hydrogens (tertiary/aromatic N) is 1. The molecule has 0 heterocycles. The summed E-state index contributed by atoms with van der Waals surface area (Å²) < 4.78 is 0. The first-order valence-corrected chi connectivity index (χ1v) is 3.25. The van der Waals surface area contributed by atoms with Crippen LogP contribution >= 0.6 is 11.8 Å². The van der Waals surface area contributed by atoms with Crippen LogP contribution < -0.4 is 0 Å². The van der Waals surface area contributed by atoms with Gasteiger partial charge in [-0.25, -0.2) is 0 Å². The summed E-state index contributed by atoms with van der Waals surface area (Å²) in [7, 11) is 3.22. The fraction of sp³-hybridized carbons (Fsp3) is 0.600. The van der Waals surface area contributed by atoms with E-state index in [0.29, 0.717) is 11.8 Å². The number of hydrogen-bond acceptors (Lipinski definition) is 3. The molecule has 0 radical (unpaired) electrons. The second-order valence-corrected chi connectivity index (χ2v) is 2.88. The summed E-state index contributed by atoms with van der Waals surface area (Å²) in [6, 6.07) is 0. The van der Waals surface area contributed by atoms with Gasteiger partial charge in [-0.05, 0) is 0 Å². The molecular formula is C5H9NO2S. The highest BCUT2D eigenvalue weighted by Crippen LogP contribution is 2.05. The molecule has 0 bridgehead atoms. The van der Waals surface area contributed by atoms with Gasteiger partial charge in [-0.3, -0.25) is 9.59 Å². The number of carbonyl (C=O) groups excluding carboxylic acids is 2. The molecular weight excluding hydrogens is 138 g/mol. The molecule has 0 unspecified atom stereocenters. The Morgan fingerprint density at radius 3 is 1.89 bits per heavy atom. The smallest absolute Gasteiger partial charge is 0.288 e. The van der Waals surface area contributed by atoms with E-state index in [2.05, 4.69) is 0 Å². The molecule has 52 valence electrons. The molecule has 0 N–H and O–H groups in total. The highest BCUT2D eigenvalue weighted by atomic mass is 32.2. The maximum absolute atomic E-state index is 10.6. The molecule has 0 aliphatic rings. The third-order valence-electron chi connectivity index (χ3n) is 0.596. The second-order valence-electron chi connectivity index (χ2n) is 1.75. The molecule has 0 aromatic heterocycles. The van der Waals surface area contributed by atoms with Gasteiger partial charge >= 0.3 is 0 Å². The Bertz CT molecular complexity index is 133. The van der Waals surface area contributed by atoms with Gasteiger partial charge in [0.15, 0.2) is 5.12 Å². The van der Waals surface area contributed by atoms with Crippen molar-refractivity contribution in [1.82, 2.24) is 4.90 Å². The van der Waals surface area contributed by atoms with E-state index in [9.17, 15) is 9.59 Å². The van der Waals surface area contributed by atoms with E-state index in [1.54, 1.807) is 14.1 Å². The molecule has 0 aliphatic carbocycles. The zero-order valence-corrected chi connectivity index (χ0v) is 6.49. The highest BCUT2D eigenvalue weighted by molar-refractivity contribution is 8.25. The Balaban J connectivity index is 3.64. The van der Waals surface area contributed by atoms with E-state index < -0.39 is 0 Å². The molecule has 0 aromatic rings. The Labute approximate surface area is 58.4 Å². The zero-order chi connectivity index (χ0) is 7.44. The van der Waals surface area contributed by atoms with Crippen molar-refractivity contribution in [3.63, 3.8) is 0 Å². The van der Waals surface area contributed by atoms with E-state index >= 15 is 0 Å². The largest absolute Gasteiger partial charge is 0.339 e. The summed E-state index contributed by atoms with van der Waals surface area (Å²) in [4.78, 5) is 22.3. The lowest BCUT2D eigenvalue weighted by Crippen LogP contribution is -2.17. The van der Waals surface area contributed by atoms with Crippen LogP contribution in [-0.2, 0) is 4.79 Å². The Morgan fingerprint density at radius 2 is 1.78 bits per heavy atom. The van der Waals surface area contributed by atoms with Crippen molar-refractivity contribution in [2.45, 2.75) is 6.92 Å². The lowest BCUT2D eigenvalue weighted by Gasteiger charge is -2.05. The molecule has 1 amide bonds. The molecule has 3 nitrogen and oxygen atoms in total. The monoisotopic (exact) mass is 147 g/mol. The topological polar surface area (TPSA) is 37.4 Å². The standard InChI is InChI=1S/C5H9NO2S/c1-4(7)9-5(8)6(2)3/h1-3H3. The van der Waals surface area contributed by atoms with Gasteiger partial charge in [0.25, 0.3) is 5.24 Å². The lowest BCUT2D eigenvalue weighted by molar-refractivity contribution is -0.109. The van der Waals surface area contributed by atoms with Crippen LogP contribution in [0.3, 0.4) is 0 Å². The number of carbonyl (C=O) groups is 2. The first-order chi connectivity index (χ1) is 4.04.